The number of nitrogens with zero attached hydrogens (tertiary/aromatic N) is 1. The molecule has 11 heteroatoms. The number of esters is 4. The fraction of sp³-hybridized carbons (Fsp3) is 0.294. The van der Waals surface area contributed by atoms with Crippen LogP contribution in [0.5, 0.6) is 0 Å². The number of hydrogen-bond acceptors (Lipinski definition) is 10. The van der Waals surface area contributed by atoms with E-state index in [0.717, 1.165) is 55.6 Å². The van der Waals surface area contributed by atoms with Crippen molar-refractivity contribution in [3.63, 3.8) is 0 Å². The van der Waals surface area contributed by atoms with Gasteiger partial charge in [0.25, 0.3) is 11.8 Å². The first-order valence-electron chi connectivity index (χ1n) is 7.69. The molecular formula is C17H17NO10. The smallest absolute Gasteiger partial charge is 0.331 e. The maximum atomic E-state index is 11.8. The van der Waals surface area contributed by atoms with Gasteiger partial charge >= 0.3 is 23.9 Å². The van der Waals surface area contributed by atoms with Crippen LogP contribution >= 0.6 is 0 Å². The quantitative estimate of drug-likeness (QED) is 0.203. The van der Waals surface area contributed by atoms with Crippen molar-refractivity contribution < 1.29 is 47.7 Å². The minimum Gasteiger partial charge on any atom is -0.466 e. The summed E-state index contributed by atoms with van der Waals surface area (Å²) in [5.41, 5.74) is 0. The van der Waals surface area contributed by atoms with E-state index in [1.165, 1.54) is 0 Å². The van der Waals surface area contributed by atoms with Gasteiger partial charge in [0, 0.05) is 36.5 Å². The van der Waals surface area contributed by atoms with E-state index in [0.29, 0.717) is 0 Å². The van der Waals surface area contributed by atoms with Gasteiger partial charge in [-0.3, -0.25) is 14.5 Å². The summed E-state index contributed by atoms with van der Waals surface area (Å²) in [5.74, 6) is -4.80. The Bertz CT molecular complexity index is 731. The maximum Gasteiger partial charge on any atom is 0.331 e. The number of carbonyl (C=O) groups excluding carboxylic acids is 6. The molecule has 0 N–H and O–H groups in total. The molecule has 1 atom stereocenters. The average molecular weight is 395 g/mol. The van der Waals surface area contributed by atoms with Gasteiger partial charge in [-0.2, -0.15) is 0 Å². The lowest BCUT2D eigenvalue weighted by atomic mass is 10.3. The van der Waals surface area contributed by atoms with Gasteiger partial charge in [-0.1, -0.05) is 0 Å². The molecule has 28 heavy (non-hydrogen) atoms. The molecule has 0 aromatic carbocycles. The predicted octanol–water partition coefficient (Wildman–Crippen LogP) is -1.18. The number of ether oxygens (including phenoxy) is 4. The highest BCUT2D eigenvalue weighted by atomic mass is 16.6. The lowest BCUT2D eigenvalue weighted by Gasteiger charge is -2.21. The van der Waals surface area contributed by atoms with E-state index >= 15 is 0 Å². The van der Waals surface area contributed by atoms with Crippen LogP contribution in [0.25, 0.3) is 0 Å². The molecule has 1 unspecified atom stereocenters. The summed E-state index contributed by atoms with van der Waals surface area (Å²) < 4.78 is 18.5. The van der Waals surface area contributed by atoms with Crippen LogP contribution in [0, 0.1) is 0 Å². The normalized spacial score (nSPS) is 14.4. The van der Waals surface area contributed by atoms with Crippen molar-refractivity contribution in [3.8, 4) is 0 Å². The highest BCUT2D eigenvalue weighted by molar-refractivity contribution is 6.12. The summed E-state index contributed by atoms with van der Waals surface area (Å²) in [6.07, 6.45) is 4.02. The van der Waals surface area contributed by atoms with E-state index in [-0.39, 0.29) is 0 Å². The van der Waals surface area contributed by atoms with Gasteiger partial charge in [0.05, 0.1) is 20.8 Å². The third kappa shape index (κ3) is 7.64. The Morgan fingerprint density at radius 2 is 1.32 bits per heavy atom. The standard InChI is InChI=1S/C17H17NO10/c1-25-14(21)5-7-16(23)27-10-11(9-18-12(19)3-4-13(18)20)28-17(24)8-6-15(22)26-2/h3-8,11H,9-10H2,1-2H3/b7-5+,8-6+. The fourth-order valence-electron chi connectivity index (χ4n) is 1.77. The van der Waals surface area contributed by atoms with E-state index in [9.17, 15) is 28.8 Å². The number of amides is 2. The Morgan fingerprint density at radius 3 is 1.82 bits per heavy atom. The summed E-state index contributed by atoms with van der Waals surface area (Å²) in [6, 6.07) is 0. The molecule has 0 spiro atoms. The molecule has 0 aromatic heterocycles. The second kappa shape index (κ2) is 11.1. The molecule has 150 valence electrons. The zero-order valence-corrected chi connectivity index (χ0v) is 15.0. The van der Waals surface area contributed by atoms with Crippen LogP contribution < -0.4 is 0 Å². The molecule has 0 radical (unpaired) electrons. The molecule has 0 saturated carbocycles. The highest BCUT2D eigenvalue weighted by Crippen LogP contribution is 2.08. The SMILES string of the molecule is COC(=O)/C=C/C(=O)OCC(CN1C(=O)C=CC1=O)OC(=O)/C=C/C(=O)OC. The van der Waals surface area contributed by atoms with Gasteiger partial charge in [-0.15, -0.1) is 0 Å². The minimum atomic E-state index is -1.22. The van der Waals surface area contributed by atoms with E-state index in [1.54, 1.807) is 0 Å². The summed E-state index contributed by atoms with van der Waals surface area (Å²) in [4.78, 5) is 69.3. The van der Waals surface area contributed by atoms with Gasteiger partial charge in [0.1, 0.15) is 6.61 Å². The Kier molecular flexibility index (Phi) is 8.80. The molecule has 1 aliphatic heterocycles. The highest BCUT2D eigenvalue weighted by Gasteiger charge is 2.28. The molecule has 0 fully saturated rings. The van der Waals surface area contributed by atoms with Gasteiger partial charge in [0.2, 0.25) is 0 Å². The van der Waals surface area contributed by atoms with Crippen LogP contribution in [0.4, 0.5) is 0 Å². The summed E-state index contributed by atoms with van der Waals surface area (Å²) in [7, 11) is 2.23. The third-order valence-corrected chi connectivity index (χ3v) is 3.09. The van der Waals surface area contributed by atoms with Gasteiger partial charge in [0.15, 0.2) is 6.10 Å². The first kappa shape index (κ1) is 22.3. The fourth-order valence-corrected chi connectivity index (χ4v) is 1.77. The zero-order valence-electron chi connectivity index (χ0n) is 15.0. The van der Waals surface area contributed by atoms with Gasteiger partial charge in [-0.25, -0.2) is 19.2 Å². The van der Waals surface area contributed by atoms with Crippen molar-refractivity contribution in [2.75, 3.05) is 27.4 Å². The third-order valence-electron chi connectivity index (χ3n) is 3.09. The van der Waals surface area contributed by atoms with Crippen molar-refractivity contribution >= 4 is 35.7 Å². The van der Waals surface area contributed by atoms with Crippen LogP contribution in [0.1, 0.15) is 0 Å². The lowest BCUT2D eigenvalue weighted by molar-refractivity contribution is -0.156. The second-order valence-corrected chi connectivity index (χ2v) is 5.02. The van der Waals surface area contributed by atoms with Gasteiger partial charge < -0.3 is 18.9 Å². The number of rotatable bonds is 9. The molecular weight excluding hydrogens is 378 g/mol. The topological polar surface area (TPSA) is 143 Å². The monoisotopic (exact) mass is 395 g/mol. The van der Waals surface area contributed by atoms with Crippen molar-refractivity contribution in [2.45, 2.75) is 6.10 Å². The molecule has 11 nitrogen and oxygen atoms in total. The summed E-state index contributed by atoms with van der Waals surface area (Å²) >= 11 is 0. The number of imide groups is 1. The van der Waals surface area contributed by atoms with E-state index in [2.05, 4.69) is 9.47 Å². The first-order chi connectivity index (χ1) is 13.3. The largest absolute Gasteiger partial charge is 0.466 e. The van der Waals surface area contributed by atoms with Crippen molar-refractivity contribution in [1.82, 2.24) is 4.90 Å². The van der Waals surface area contributed by atoms with Crippen molar-refractivity contribution in [3.05, 3.63) is 36.5 Å². The van der Waals surface area contributed by atoms with Crippen LogP contribution in [0.15, 0.2) is 36.5 Å². The minimum absolute atomic E-state index is 0.392. The predicted molar refractivity (Wildman–Crippen MR) is 89.0 cm³/mol. The number of hydrogen-bond donors (Lipinski definition) is 0. The lowest BCUT2D eigenvalue weighted by Crippen LogP contribution is -2.41. The molecule has 1 rings (SSSR count). The molecule has 0 saturated heterocycles. The number of carbonyl (C=O) groups is 6. The molecule has 1 heterocycles. The molecule has 0 aromatic rings. The van der Waals surface area contributed by atoms with Crippen LogP contribution in [-0.2, 0) is 47.7 Å². The van der Waals surface area contributed by atoms with Crippen molar-refractivity contribution in [2.24, 2.45) is 0 Å². The van der Waals surface area contributed by atoms with Crippen LogP contribution in [0.2, 0.25) is 0 Å². The Morgan fingerprint density at radius 1 is 0.857 bits per heavy atom. The Balaban J connectivity index is 2.74. The zero-order chi connectivity index (χ0) is 21.1. The van der Waals surface area contributed by atoms with Gasteiger partial charge in [-0.05, 0) is 0 Å². The second-order valence-electron chi connectivity index (χ2n) is 5.02. The summed E-state index contributed by atoms with van der Waals surface area (Å²) in [5, 5.41) is 0. The molecule has 1 aliphatic rings. The summed E-state index contributed by atoms with van der Waals surface area (Å²) in [6.45, 7) is -0.921. The molecule has 0 aliphatic carbocycles. The van der Waals surface area contributed by atoms with Crippen molar-refractivity contribution in [1.29, 1.82) is 0 Å². The van der Waals surface area contributed by atoms with Crippen LogP contribution in [0.3, 0.4) is 0 Å². The van der Waals surface area contributed by atoms with Crippen LogP contribution in [-0.4, -0.2) is 74.1 Å². The Labute approximate surface area is 159 Å². The van der Waals surface area contributed by atoms with E-state index in [1.807, 2.05) is 0 Å². The Hall–Kier alpha value is -3.76. The maximum absolute atomic E-state index is 11.8. The van der Waals surface area contributed by atoms with E-state index < -0.39 is 54.9 Å². The number of methoxy groups -OCH3 is 2. The van der Waals surface area contributed by atoms with E-state index in [4.69, 9.17) is 9.47 Å². The molecule has 0 bridgehead atoms. The average Bonchev–Trinajstić information content (AvgIpc) is 2.99. The molecule has 2 amide bonds. The first-order valence-corrected chi connectivity index (χ1v) is 7.69.